The van der Waals surface area contributed by atoms with Crippen LogP contribution in [0.1, 0.15) is 114 Å². The van der Waals surface area contributed by atoms with Crippen LogP contribution in [0, 0.1) is 39.4 Å². The molecule has 0 spiro atoms. The topological polar surface area (TPSA) is 20.3 Å². The number of nitrogens with zero attached hydrogens (tertiary/aromatic N) is 1. The van der Waals surface area contributed by atoms with Crippen LogP contribution in [-0.2, 0) is 4.79 Å². The Labute approximate surface area is 180 Å². The Balaban J connectivity index is 1.70. The third-order valence-electron chi connectivity index (χ3n) is 12.2. The highest BCUT2D eigenvalue weighted by molar-refractivity contribution is 5.79. The van der Waals surface area contributed by atoms with Crippen LogP contribution in [0.4, 0.5) is 0 Å². The van der Waals surface area contributed by atoms with Crippen LogP contribution in [0.2, 0.25) is 0 Å². The molecule has 4 aliphatic carbocycles. The lowest BCUT2D eigenvalue weighted by atomic mass is 9.41. The largest absolute Gasteiger partial charge is 0.331 e. The molecule has 2 nitrogen and oxygen atoms in total. The number of hydrogen-bond donors (Lipinski definition) is 0. The normalized spacial score (nSPS) is 42.7. The van der Waals surface area contributed by atoms with Gasteiger partial charge >= 0.3 is 0 Å². The number of piperidine rings is 1. The Morgan fingerprint density at radius 1 is 0.655 bits per heavy atom. The highest BCUT2D eigenvalue weighted by Crippen LogP contribution is 2.68. The first kappa shape index (κ1) is 21.7. The van der Waals surface area contributed by atoms with E-state index in [9.17, 15) is 4.79 Å². The molecule has 5 aliphatic rings. The molecule has 0 radical (unpaired) electrons. The molecule has 4 bridgehead atoms. The Morgan fingerprint density at radius 3 is 1.34 bits per heavy atom. The molecule has 4 saturated carbocycles. The van der Waals surface area contributed by atoms with Gasteiger partial charge in [-0.25, -0.2) is 0 Å². The van der Waals surface area contributed by atoms with Gasteiger partial charge in [-0.05, 0) is 106 Å². The lowest BCUT2D eigenvalue weighted by Gasteiger charge is -2.74. The first-order valence-electron chi connectivity index (χ1n) is 12.3. The van der Waals surface area contributed by atoms with Crippen molar-refractivity contribution in [3.05, 3.63) is 0 Å². The zero-order valence-electron chi connectivity index (χ0n) is 21.0. The highest BCUT2D eigenvalue weighted by Gasteiger charge is 2.69. The van der Waals surface area contributed by atoms with Gasteiger partial charge in [0.2, 0.25) is 5.91 Å². The summed E-state index contributed by atoms with van der Waals surface area (Å²) < 4.78 is 0. The van der Waals surface area contributed by atoms with Crippen LogP contribution < -0.4 is 0 Å². The zero-order chi connectivity index (χ0) is 21.8. The molecule has 0 N–H and O–H groups in total. The number of rotatable bonds is 2. The van der Waals surface area contributed by atoms with Gasteiger partial charge in [0, 0.05) is 17.5 Å². The summed E-state index contributed by atoms with van der Waals surface area (Å²) >= 11 is 0. The van der Waals surface area contributed by atoms with Gasteiger partial charge in [-0.1, -0.05) is 41.5 Å². The van der Waals surface area contributed by atoms with E-state index in [1.807, 2.05) is 0 Å². The number of carbonyl (C=O) groups is 1. The summed E-state index contributed by atoms with van der Waals surface area (Å²) in [4.78, 5) is 16.6. The standard InChI is InChI=1S/C27H47NO/c1-22(2)23(3,4)25(7,8)28(26(9,10)24(22,5)6)21(29)17-27-14-18-11-19(15-27)13-20(12-18)16-27/h18-20H,11-17H2,1-10H3. The van der Waals surface area contributed by atoms with Crippen molar-refractivity contribution in [3.8, 4) is 0 Å². The van der Waals surface area contributed by atoms with E-state index in [1.165, 1.54) is 38.5 Å². The molecule has 166 valence electrons. The SMILES string of the molecule is CC1(C)N(C(=O)CC23CC4CC(CC(C4)C2)C3)C(C)(C)C(C)(C)C(C)(C)C1(C)C. The van der Waals surface area contributed by atoms with Crippen molar-refractivity contribution in [2.75, 3.05) is 0 Å². The minimum Gasteiger partial charge on any atom is -0.331 e. The third-order valence-corrected chi connectivity index (χ3v) is 12.2. The zero-order valence-corrected chi connectivity index (χ0v) is 21.0. The fourth-order valence-electron chi connectivity index (χ4n) is 9.10. The molecule has 1 saturated heterocycles. The molecule has 1 aliphatic heterocycles. The van der Waals surface area contributed by atoms with Crippen molar-refractivity contribution in [2.24, 2.45) is 39.4 Å². The van der Waals surface area contributed by atoms with Gasteiger partial charge < -0.3 is 4.90 Å². The molecule has 0 unspecified atom stereocenters. The fourth-order valence-corrected chi connectivity index (χ4v) is 9.10. The van der Waals surface area contributed by atoms with Gasteiger partial charge in [-0.15, -0.1) is 0 Å². The van der Waals surface area contributed by atoms with Crippen LogP contribution in [0.15, 0.2) is 0 Å². The second kappa shape index (κ2) is 5.83. The second-order valence-corrected chi connectivity index (χ2v) is 14.3. The summed E-state index contributed by atoms with van der Waals surface area (Å²) in [5.41, 5.74) is 0.0554. The van der Waals surface area contributed by atoms with Crippen molar-refractivity contribution < 1.29 is 4.79 Å². The molecule has 1 amide bonds. The summed E-state index contributed by atoms with van der Waals surface area (Å²) in [6, 6.07) is 0. The van der Waals surface area contributed by atoms with Crippen molar-refractivity contribution in [3.63, 3.8) is 0 Å². The van der Waals surface area contributed by atoms with E-state index in [-0.39, 0.29) is 27.3 Å². The molecule has 0 aromatic rings. The average molecular weight is 402 g/mol. The molecule has 0 aromatic carbocycles. The van der Waals surface area contributed by atoms with Crippen molar-refractivity contribution in [2.45, 2.75) is 125 Å². The Morgan fingerprint density at radius 2 is 1.00 bits per heavy atom. The monoisotopic (exact) mass is 401 g/mol. The highest BCUT2D eigenvalue weighted by atomic mass is 16.2. The Hall–Kier alpha value is -0.530. The molecule has 29 heavy (non-hydrogen) atoms. The van der Waals surface area contributed by atoms with Crippen LogP contribution in [0.25, 0.3) is 0 Å². The fraction of sp³-hybridized carbons (Fsp3) is 0.963. The van der Waals surface area contributed by atoms with Crippen LogP contribution in [0.5, 0.6) is 0 Å². The van der Waals surface area contributed by atoms with Gasteiger partial charge in [0.05, 0.1) is 0 Å². The number of amides is 1. The van der Waals surface area contributed by atoms with Gasteiger partial charge in [0.1, 0.15) is 0 Å². The van der Waals surface area contributed by atoms with Crippen molar-refractivity contribution in [1.82, 2.24) is 4.90 Å². The molecule has 5 rings (SSSR count). The lowest BCUT2D eigenvalue weighted by molar-refractivity contribution is -0.244. The van der Waals surface area contributed by atoms with Gasteiger partial charge in [0.15, 0.2) is 0 Å². The minimum atomic E-state index is -0.186. The van der Waals surface area contributed by atoms with E-state index in [2.05, 4.69) is 74.1 Å². The summed E-state index contributed by atoms with van der Waals surface area (Å²) in [6.07, 6.45) is 9.08. The molecule has 1 heterocycles. The molecule has 2 heteroatoms. The van der Waals surface area contributed by atoms with E-state index in [4.69, 9.17) is 0 Å². The average Bonchev–Trinajstić information content (AvgIpc) is 2.50. The van der Waals surface area contributed by atoms with Crippen LogP contribution >= 0.6 is 0 Å². The van der Waals surface area contributed by atoms with E-state index < -0.39 is 0 Å². The van der Waals surface area contributed by atoms with Crippen molar-refractivity contribution in [1.29, 1.82) is 0 Å². The maximum Gasteiger partial charge on any atom is 0.224 e. The third kappa shape index (κ3) is 2.56. The maximum atomic E-state index is 14.2. The summed E-state index contributed by atoms with van der Waals surface area (Å²) in [6.45, 7) is 23.8. The predicted molar refractivity (Wildman–Crippen MR) is 122 cm³/mol. The van der Waals surface area contributed by atoms with Gasteiger partial charge in [-0.2, -0.15) is 0 Å². The summed E-state index contributed by atoms with van der Waals surface area (Å²) in [5, 5.41) is 0. The van der Waals surface area contributed by atoms with E-state index >= 15 is 0 Å². The first-order valence-corrected chi connectivity index (χ1v) is 12.3. The van der Waals surface area contributed by atoms with Gasteiger partial charge in [0.25, 0.3) is 0 Å². The Kier molecular flexibility index (Phi) is 4.36. The molecular weight excluding hydrogens is 354 g/mol. The Bertz CT molecular complexity index is 643. The maximum absolute atomic E-state index is 14.2. The van der Waals surface area contributed by atoms with Gasteiger partial charge in [-0.3, -0.25) is 4.79 Å². The molecule has 0 aromatic heterocycles. The second-order valence-electron chi connectivity index (χ2n) is 14.3. The van der Waals surface area contributed by atoms with Crippen molar-refractivity contribution >= 4 is 5.91 Å². The first-order chi connectivity index (χ1) is 13.0. The molecule has 0 atom stereocenters. The van der Waals surface area contributed by atoms with Crippen LogP contribution in [-0.4, -0.2) is 21.9 Å². The predicted octanol–water partition coefficient (Wildman–Crippen LogP) is 7.07. The lowest BCUT2D eigenvalue weighted by Crippen LogP contribution is -2.79. The smallest absolute Gasteiger partial charge is 0.224 e. The summed E-state index contributed by atoms with van der Waals surface area (Å²) in [7, 11) is 0. The van der Waals surface area contributed by atoms with E-state index in [0.29, 0.717) is 11.3 Å². The molecular formula is C27H47NO. The van der Waals surface area contributed by atoms with E-state index in [1.54, 1.807) is 0 Å². The number of carbonyl (C=O) groups excluding carboxylic acids is 1. The quantitative estimate of drug-likeness (QED) is 0.484. The van der Waals surface area contributed by atoms with E-state index in [0.717, 1.165) is 24.2 Å². The molecule has 5 fully saturated rings. The minimum absolute atomic E-state index is 0.0101. The van der Waals surface area contributed by atoms with Crippen LogP contribution in [0.3, 0.4) is 0 Å². The number of hydrogen-bond acceptors (Lipinski definition) is 1. The summed E-state index contributed by atoms with van der Waals surface area (Å²) in [5.74, 6) is 3.15. The number of likely N-dealkylation sites (tertiary alicyclic amines) is 1.